The van der Waals surface area contributed by atoms with Crippen LogP contribution >= 0.6 is 11.3 Å². The van der Waals surface area contributed by atoms with Crippen molar-refractivity contribution in [3.05, 3.63) is 16.1 Å². The van der Waals surface area contributed by atoms with Crippen molar-refractivity contribution in [2.45, 2.75) is 45.2 Å². The molecule has 0 atom stereocenters. The number of ether oxygens (including phenoxy) is 2. The molecule has 24 heavy (non-hydrogen) atoms. The van der Waals surface area contributed by atoms with Gasteiger partial charge in [0.2, 0.25) is 0 Å². The van der Waals surface area contributed by atoms with Crippen molar-refractivity contribution in [2.75, 3.05) is 26.3 Å². The average molecular weight is 358 g/mol. The highest BCUT2D eigenvalue weighted by Crippen LogP contribution is 2.38. The van der Waals surface area contributed by atoms with Gasteiger partial charge in [-0.2, -0.15) is 0 Å². The molecular weight excluding hydrogens is 335 g/mol. The third-order valence-corrected chi connectivity index (χ3v) is 4.93. The van der Waals surface area contributed by atoms with E-state index in [2.05, 4.69) is 4.98 Å². The summed E-state index contributed by atoms with van der Waals surface area (Å²) in [5.41, 5.74) is -1.48. The maximum absolute atomic E-state index is 15.1. The van der Waals surface area contributed by atoms with Crippen LogP contribution in [0.5, 0.6) is 0 Å². The Morgan fingerprint density at radius 1 is 1.33 bits per heavy atom. The van der Waals surface area contributed by atoms with Crippen molar-refractivity contribution in [3.63, 3.8) is 0 Å². The number of carbonyl (C=O) groups is 2. The van der Waals surface area contributed by atoms with Gasteiger partial charge in [-0.25, -0.2) is 19.0 Å². The number of carbonyl (C=O) groups excluding carboxylic acids is 2. The molecule has 2 rings (SSSR count). The lowest BCUT2D eigenvalue weighted by Gasteiger charge is -2.34. The van der Waals surface area contributed by atoms with Gasteiger partial charge in [-0.3, -0.25) is 0 Å². The number of halogens is 1. The number of esters is 1. The van der Waals surface area contributed by atoms with Gasteiger partial charge >= 0.3 is 12.1 Å². The molecule has 1 saturated heterocycles. The molecule has 1 aliphatic rings. The first-order chi connectivity index (χ1) is 11.5. The van der Waals surface area contributed by atoms with Gasteiger partial charge in [0, 0.05) is 31.3 Å². The summed E-state index contributed by atoms with van der Waals surface area (Å²) < 4.78 is 25.1. The Bertz CT molecular complexity index is 570. The molecule has 1 amide bonds. The Morgan fingerprint density at radius 3 is 2.67 bits per heavy atom. The molecule has 6 nitrogen and oxygen atoms in total. The van der Waals surface area contributed by atoms with E-state index in [0.29, 0.717) is 6.61 Å². The van der Waals surface area contributed by atoms with E-state index in [-0.39, 0.29) is 43.2 Å². The molecule has 1 aromatic rings. The minimum Gasteiger partial charge on any atom is -0.461 e. The van der Waals surface area contributed by atoms with Gasteiger partial charge in [0.05, 0.1) is 13.2 Å². The Morgan fingerprint density at radius 2 is 2.04 bits per heavy atom. The molecule has 0 saturated carbocycles. The predicted molar refractivity (Wildman–Crippen MR) is 87.9 cm³/mol. The van der Waals surface area contributed by atoms with Gasteiger partial charge in [0.25, 0.3) is 0 Å². The van der Waals surface area contributed by atoms with Crippen LogP contribution in [-0.4, -0.2) is 48.2 Å². The van der Waals surface area contributed by atoms with Crippen LogP contribution in [0.15, 0.2) is 5.38 Å². The SMILES string of the molecule is CCCCOC(=O)N1CCC(F)(c2nc(C(=O)OCC)cs2)CC1. The van der Waals surface area contributed by atoms with E-state index in [1.807, 2.05) is 6.92 Å². The van der Waals surface area contributed by atoms with Crippen molar-refractivity contribution in [3.8, 4) is 0 Å². The number of thiazole rings is 1. The van der Waals surface area contributed by atoms with Crippen LogP contribution < -0.4 is 0 Å². The fourth-order valence-electron chi connectivity index (χ4n) is 2.43. The van der Waals surface area contributed by atoms with Gasteiger partial charge in [0.15, 0.2) is 11.4 Å². The summed E-state index contributed by atoms with van der Waals surface area (Å²) in [6.45, 7) is 4.91. The van der Waals surface area contributed by atoms with E-state index in [0.717, 1.165) is 24.2 Å². The van der Waals surface area contributed by atoms with Gasteiger partial charge in [-0.1, -0.05) is 13.3 Å². The number of hydrogen-bond acceptors (Lipinski definition) is 6. The van der Waals surface area contributed by atoms with Crippen LogP contribution in [0.25, 0.3) is 0 Å². The number of alkyl halides is 1. The first-order valence-corrected chi connectivity index (χ1v) is 9.12. The third-order valence-electron chi connectivity index (χ3n) is 3.91. The molecule has 1 aromatic heterocycles. The molecule has 0 spiro atoms. The number of nitrogens with zero attached hydrogens (tertiary/aromatic N) is 2. The summed E-state index contributed by atoms with van der Waals surface area (Å²) in [6.07, 6.45) is 1.67. The summed E-state index contributed by atoms with van der Waals surface area (Å²) in [5.74, 6) is -0.541. The second-order valence-electron chi connectivity index (χ2n) is 5.68. The quantitative estimate of drug-likeness (QED) is 0.575. The normalized spacial score (nSPS) is 16.7. The lowest BCUT2D eigenvalue weighted by Crippen LogP contribution is -2.43. The molecule has 0 bridgehead atoms. The zero-order valence-electron chi connectivity index (χ0n) is 14.0. The number of rotatable bonds is 6. The molecule has 1 fully saturated rings. The molecule has 0 aliphatic carbocycles. The van der Waals surface area contributed by atoms with E-state index in [9.17, 15) is 9.59 Å². The largest absolute Gasteiger partial charge is 0.461 e. The molecule has 0 N–H and O–H groups in total. The van der Waals surface area contributed by atoms with Crippen LogP contribution in [0.3, 0.4) is 0 Å². The van der Waals surface area contributed by atoms with Crippen LogP contribution in [0.2, 0.25) is 0 Å². The number of piperidine rings is 1. The number of aromatic nitrogens is 1. The topological polar surface area (TPSA) is 68.7 Å². The Balaban J connectivity index is 1.92. The highest BCUT2D eigenvalue weighted by atomic mass is 32.1. The first kappa shape index (κ1) is 18.6. The Kier molecular flexibility index (Phi) is 6.53. The van der Waals surface area contributed by atoms with Crippen LogP contribution in [0.4, 0.5) is 9.18 Å². The van der Waals surface area contributed by atoms with Crippen molar-refractivity contribution in [1.82, 2.24) is 9.88 Å². The molecule has 0 radical (unpaired) electrons. The smallest absolute Gasteiger partial charge is 0.409 e. The summed E-state index contributed by atoms with van der Waals surface area (Å²) in [4.78, 5) is 29.1. The van der Waals surface area contributed by atoms with Crippen LogP contribution in [-0.2, 0) is 15.1 Å². The lowest BCUT2D eigenvalue weighted by molar-refractivity contribution is 0.0409. The summed E-state index contributed by atoms with van der Waals surface area (Å²) >= 11 is 1.11. The maximum atomic E-state index is 15.1. The Hall–Kier alpha value is -1.70. The average Bonchev–Trinajstić information content (AvgIpc) is 3.07. The summed E-state index contributed by atoms with van der Waals surface area (Å²) in [6, 6.07) is 0. The fraction of sp³-hybridized carbons (Fsp3) is 0.688. The highest BCUT2D eigenvalue weighted by molar-refractivity contribution is 7.10. The molecule has 0 aromatic carbocycles. The summed E-state index contributed by atoms with van der Waals surface area (Å²) in [5, 5.41) is 1.78. The van der Waals surface area contributed by atoms with Crippen molar-refractivity contribution >= 4 is 23.4 Å². The number of hydrogen-bond donors (Lipinski definition) is 0. The lowest BCUT2D eigenvalue weighted by atomic mass is 9.94. The fourth-order valence-corrected chi connectivity index (χ4v) is 3.37. The van der Waals surface area contributed by atoms with Crippen molar-refractivity contribution in [2.24, 2.45) is 0 Å². The van der Waals surface area contributed by atoms with E-state index in [4.69, 9.17) is 9.47 Å². The molecular formula is C16H23FN2O4S. The minimum atomic E-state index is -1.62. The molecule has 8 heteroatoms. The monoisotopic (exact) mass is 358 g/mol. The van der Waals surface area contributed by atoms with E-state index >= 15 is 4.39 Å². The van der Waals surface area contributed by atoms with E-state index < -0.39 is 17.7 Å². The number of likely N-dealkylation sites (tertiary alicyclic amines) is 1. The summed E-state index contributed by atoms with van der Waals surface area (Å²) in [7, 11) is 0. The second kappa shape index (κ2) is 8.41. The van der Waals surface area contributed by atoms with Crippen molar-refractivity contribution < 1.29 is 23.5 Å². The predicted octanol–water partition coefficient (Wildman–Crippen LogP) is 3.52. The highest BCUT2D eigenvalue weighted by Gasteiger charge is 2.40. The van der Waals surface area contributed by atoms with E-state index in [1.54, 1.807) is 6.92 Å². The van der Waals surface area contributed by atoms with Gasteiger partial charge < -0.3 is 14.4 Å². The van der Waals surface area contributed by atoms with Gasteiger partial charge in [-0.15, -0.1) is 11.3 Å². The Labute approximate surface area is 145 Å². The maximum Gasteiger partial charge on any atom is 0.409 e. The van der Waals surface area contributed by atoms with Gasteiger partial charge in [-0.05, 0) is 13.3 Å². The first-order valence-electron chi connectivity index (χ1n) is 8.24. The molecule has 1 aliphatic heterocycles. The molecule has 0 unspecified atom stereocenters. The zero-order valence-corrected chi connectivity index (χ0v) is 14.9. The number of unbranched alkanes of at least 4 members (excludes halogenated alkanes) is 1. The zero-order chi connectivity index (χ0) is 17.6. The van der Waals surface area contributed by atoms with E-state index in [1.165, 1.54) is 10.3 Å². The minimum absolute atomic E-state index is 0.135. The van der Waals surface area contributed by atoms with Crippen molar-refractivity contribution in [1.29, 1.82) is 0 Å². The molecule has 2 heterocycles. The number of amides is 1. The van der Waals surface area contributed by atoms with Crippen LogP contribution in [0, 0.1) is 0 Å². The van der Waals surface area contributed by atoms with Crippen LogP contribution in [0.1, 0.15) is 55.0 Å². The molecule has 134 valence electrons. The van der Waals surface area contributed by atoms with Gasteiger partial charge in [0.1, 0.15) is 5.01 Å². The second-order valence-corrected chi connectivity index (χ2v) is 6.54. The standard InChI is InChI=1S/C16H23FN2O4S/c1-3-5-10-23-15(21)19-8-6-16(17,7-9-19)14-18-12(11-24-14)13(20)22-4-2/h11H,3-10H2,1-2H3. The third kappa shape index (κ3) is 4.43.